The highest BCUT2D eigenvalue weighted by Crippen LogP contribution is 2.09. The van der Waals surface area contributed by atoms with E-state index in [2.05, 4.69) is 47.5 Å². The molecule has 0 atom stereocenters. The molecule has 1 saturated heterocycles. The van der Waals surface area contributed by atoms with Gasteiger partial charge < -0.3 is 15.5 Å². The smallest absolute Gasteiger partial charge is 0.225 e. The number of hydrogen-bond acceptors (Lipinski definition) is 5. The summed E-state index contributed by atoms with van der Waals surface area (Å²) in [5.74, 6) is 1.74. The predicted octanol–water partition coefficient (Wildman–Crippen LogP) is 0.482. The van der Waals surface area contributed by atoms with E-state index < -0.39 is 0 Å². The van der Waals surface area contributed by atoms with Crippen molar-refractivity contribution in [1.82, 2.24) is 25.5 Å². The van der Waals surface area contributed by atoms with Gasteiger partial charge in [0.1, 0.15) is 0 Å². The average Bonchev–Trinajstić information content (AvgIpc) is 3.15. The van der Waals surface area contributed by atoms with E-state index in [1.807, 2.05) is 13.1 Å². The molecule has 1 fully saturated rings. The number of nitrogens with one attached hydrogen (secondary N) is 2. The Labute approximate surface area is 143 Å². The number of guanidine groups is 1. The Morgan fingerprint density at radius 3 is 2.54 bits per heavy atom. The van der Waals surface area contributed by atoms with Crippen LogP contribution >= 0.6 is 0 Å². The van der Waals surface area contributed by atoms with Crippen LogP contribution < -0.4 is 15.5 Å². The molecular formula is C17H27N7. The topological polar surface area (TPSA) is 68.7 Å². The molecule has 3 rings (SSSR count). The normalized spacial score (nSPS) is 19.7. The Hall–Kier alpha value is -2.15. The molecule has 7 nitrogen and oxygen atoms in total. The van der Waals surface area contributed by atoms with Crippen molar-refractivity contribution < 1.29 is 0 Å². The summed E-state index contributed by atoms with van der Waals surface area (Å²) >= 11 is 0. The van der Waals surface area contributed by atoms with Crippen molar-refractivity contribution in [2.24, 2.45) is 4.99 Å². The number of aromatic nitrogens is 2. The SMILES string of the molecule is CN=C(NCCN1CCN(c2ncccn2)CC1)NC1CC=CC1. The minimum absolute atomic E-state index is 0.491. The van der Waals surface area contributed by atoms with Crippen LogP contribution in [0.15, 0.2) is 35.6 Å². The molecule has 2 heterocycles. The highest BCUT2D eigenvalue weighted by atomic mass is 15.3. The Bertz CT molecular complexity index is 541. The van der Waals surface area contributed by atoms with E-state index in [9.17, 15) is 0 Å². The second kappa shape index (κ2) is 8.63. The van der Waals surface area contributed by atoms with Crippen molar-refractivity contribution in [3.05, 3.63) is 30.6 Å². The first-order chi connectivity index (χ1) is 11.8. The van der Waals surface area contributed by atoms with Gasteiger partial charge in [0.2, 0.25) is 5.95 Å². The molecule has 1 aromatic rings. The molecule has 130 valence electrons. The van der Waals surface area contributed by atoms with Crippen LogP contribution in [0.25, 0.3) is 0 Å². The van der Waals surface area contributed by atoms with Crippen LogP contribution in [-0.4, -0.2) is 73.2 Å². The maximum absolute atomic E-state index is 4.33. The molecule has 1 aliphatic heterocycles. The Morgan fingerprint density at radius 2 is 1.88 bits per heavy atom. The van der Waals surface area contributed by atoms with Gasteiger partial charge in [-0.15, -0.1) is 0 Å². The summed E-state index contributed by atoms with van der Waals surface area (Å²) in [4.78, 5) is 17.7. The monoisotopic (exact) mass is 329 g/mol. The van der Waals surface area contributed by atoms with Crippen molar-refractivity contribution in [1.29, 1.82) is 0 Å². The molecule has 24 heavy (non-hydrogen) atoms. The minimum Gasteiger partial charge on any atom is -0.355 e. The van der Waals surface area contributed by atoms with Crippen molar-refractivity contribution in [3.63, 3.8) is 0 Å². The van der Waals surface area contributed by atoms with Gasteiger partial charge in [0, 0.05) is 64.8 Å². The van der Waals surface area contributed by atoms with Gasteiger partial charge in [-0.1, -0.05) is 12.2 Å². The molecule has 0 amide bonds. The molecule has 1 aromatic heterocycles. The molecule has 2 aliphatic rings. The first-order valence-corrected chi connectivity index (χ1v) is 8.71. The zero-order valence-corrected chi connectivity index (χ0v) is 14.4. The third-order valence-corrected chi connectivity index (χ3v) is 4.50. The predicted molar refractivity (Wildman–Crippen MR) is 97.3 cm³/mol. The van der Waals surface area contributed by atoms with Crippen LogP contribution in [0.4, 0.5) is 5.95 Å². The van der Waals surface area contributed by atoms with E-state index in [4.69, 9.17) is 0 Å². The van der Waals surface area contributed by atoms with Crippen molar-refractivity contribution in [3.8, 4) is 0 Å². The summed E-state index contributed by atoms with van der Waals surface area (Å²) in [7, 11) is 1.83. The lowest BCUT2D eigenvalue weighted by Crippen LogP contribution is -2.50. The van der Waals surface area contributed by atoms with E-state index in [1.165, 1.54) is 0 Å². The number of piperazine rings is 1. The van der Waals surface area contributed by atoms with Crippen molar-refractivity contribution >= 4 is 11.9 Å². The van der Waals surface area contributed by atoms with Crippen LogP contribution in [0.5, 0.6) is 0 Å². The van der Waals surface area contributed by atoms with E-state index in [-0.39, 0.29) is 0 Å². The lowest BCUT2D eigenvalue weighted by atomic mass is 10.2. The number of rotatable bonds is 5. The van der Waals surface area contributed by atoms with Crippen LogP contribution in [0.2, 0.25) is 0 Å². The maximum atomic E-state index is 4.33. The Morgan fingerprint density at radius 1 is 1.17 bits per heavy atom. The minimum atomic E-state index is 0.491. The summed E-state index contributed by atoms with van der Waals surface area (Å²) in [6.07, 6.45) is 10.2. The summed E-state index contributed by atoms with van der Waals surface area (Å²) < 4.78 is 0. The zero-order valence-electron chi connectivity index (χ0n) is 14.4. The lowest BCUT2D eigenvalue weighted by molar-refractivity contribution is 0.260. The van der Waals surface area contributed by atoms with Gasteiger partial charge in [0.25, 0.3) is 0 Å². The van der Waals surface area contributed by atoms with Crippen LogP contribution in [0, 0.1) is 0 Å². The van der Waals surface area contributed by atoms with Gasteiger partial charge in [-0.05, 0) is 18.9 Å². The standard InChI is InChI=1S/C17H27N7/c1-18-16(22-15-5-2-3-6-15)19-9-10-23-11-13-24(14-12-23)17-20-7-4-8-21-17/h2-4,7-8,15H,5-6,9-14H2,1H3,(H2,18,19,22). The molecule has 2 N–H and O–H groups in total. The molecular weight excluding hydrogens is 302 g/mol. The molecule has 7 heteroatoms. The summed E-state index contributed by atoms with van der Waals surface area (Å²) in [6, 6.07) is 2.35. The van der Waals surface area contributed by atoms with Gasteiger partial charge in [-0.25, -0.2) is 9.97 Å². The van der Waals surface area contributed by atoms with E-state index in [0.29, 0.717) is 6.04 Å². The molecule has 0 saturated carbocycles. The molecule has 0 aromatic carbocycles. The number of nitrogens with zero attached hydrogens (tertiary/aromatic N) is 5. The number of anilines is 1. The fourth-order valence-electron chi connectivity index (χ4n) is 3.08. The summed E-state index contributed by atoms with van der Waals surface area (Å²) in [5.41, 5.74) is 0. The fourth-order valence-corrected chi connectivity index (χ4v) is 3.08. The molecule has 0 unspecified atom stereocenters. The largest absolute Gasteiger partial charge is 0.355 e. The second-order valence-electron chi connectivity index (χ2n) is 6.16. The molecule has 1 aliphatic carbocycles. The second-order valence-corrected chi connectivity index (χ2v) is 6.16. The average molecular weight is 329 g/mol. The first kappa shape index (κ1) is 16.7. The van der Waals surface area contributed by atoms with E-state index in [0.717, 1.165) is 64.0 Å². The zero-order chi connectivity index (χ0) is 16.6. The quantitative estimate of drug-likeness (QED) is 0.465. The first-order valence-electron chi connectivity index (χ1n) is 8.71. The third-order valence-electron chi connectivity index (χ3n) is 4.50. The van der Waals surface area contributed by atoms with Gasteiger partial charge in [0.05, 0.1) is 0 Å². The third kappa shape index (κ3) is 4.67. The van der Waals surface area contributed by atoms with Crippen molar-refractivity contribution in [2.75, 3.05) is 51.2 Å². The molecule has 0 radical (unpaired) electrons. The van der Waals surface area contributed by atoms with Crippen LogP contribution in [0.3, 0.4) is 0 Å². The Kier molecular flexibility index (Phi) is 6.01. The van der Waals surface area contributed by atoms with Gasteiger partial charge in [0.15, 0.2) is 5.96 Å². The van der Waals surface area contributed by atoms with Gasteiger partial charge in [-0.3, -0.25) is 9.89 Å². The van der Waals surface area contributed by atoms with Gasteiger partial charge >= 0.3 is 0 Å². The highest BCUT2D eigenvalue weighted by molar-refractivity contribution is 5.80. The maximum Gasteiger partial charge on any atom is 0.225 e. The fraction of sp³-hybridized carbons (Fsp3) is 0.588. The lowest BCUT2D eigenvalue weighted by Gasteiger charge is -2.34. The van der Waals surface area contributed by atoms with Crippen LogP contribution in [-0.2, 0) is 0 Å². The van der Waals surface area contributed by atoms with Crippen LogP contribution in [0.1, 0.15) is 12.8 Å². The summed E-state index contributed by atoms with van der Waals surface area (Å²) in [5, 5.41) is 6.88. The van der Waals surface area contributed by atoms with Crippen molar-refractivity contribution in [2.45, 2.75) is 18.9 Å². The molecule has 0 bridgehead atoms. The van der Waals surface area contributed by atoms with E-state index >= 15 is 0 Å². The molecule has 0 spiro atoms. The van der Waals surface area contributed by atoms with Gasteiger partial charge in [-0.2, -0.15) is 0 Å². The summed E-state index contributed by atoms with van der Waals surface area (Å²) in [6.45, 7) is 5.96. The Balaban J connectivity index is 1.34. The van der Waals surface area contributed by atoms with E-state index in [1.54, 1.807) is 12.4 Å². The highest BCUT2D eigenvalue weighted by Gasteiger charge is 2.18. The number of hydrogen-bond donors (Lipinski definition) is 2. The number of aliphatic imine (C=N–C) groups is 1.